The van der Waals surface area contributed by atoms with Crippen molar-refractivity contribution in [3.8, 4) is 33.4 Å². The molecular formula is C56H57Cl2SiZr-3. The van der Waals surface area contributed by atoms with Gasteiger partial charge in [0.1, 0.15) is 0 Å². The first-order chi connectivity index (χ1) is 28.8. The molecule has 8 aromatic rings. The predicted molar refractivity (Wildman–Crippen MR) is 263 cm³/mol. The van der Waals surface area contributed by atoms with Crippen molar-refractivity contribution in [3.63, 3.8) is 0 Å². The van der Waals surface area contributed by atoms with Crippen molar-refractivity contribution >= 4 is 58.5 Å². The number of fused-ring (bicyclic) bond motifs is 5. The van der Waals surface area contributed by atoms with Gasteiger partial charge in [0.15, 0.2) is 0 Å². The molecule has 9 rings (SSSR count). The Morgan fingerprint density at radius 1 is 0.567 bits per heavy atom. The van der Waals surface area contributed by atoms with Gasteiger partial charge in [-0.3, -0.25) is 0 Å². The Balaban J connectivity index is 0.000000150. The zero-order chi connectivity index (χ0) is 43.1. The van der Waals surface area contributed by atoms with E-state index in [0.29, 0.717) is 11.8 Å². The maximum Gasteiger partial charge on any atom is 0.0920 e. The smallest absolute Gasteiger partial charge is 0.0920 e. The molecule has 0 spiro atoms. The molecule has 0 unspecified atom stereocenters. The molecule has 1 aliphatic rings. The molecule has 306 valence electrons. The summed E-state index contributed by atoms with van der Waals surface area (Å²) in [7, 11) is 10.7. The van der Waals surface area contributed by atoms with Crippen molar-refractivity contribution in [1.29, 1.82) is 0 Å². The van der Waals surface area contributed by atoms with E-state index in [1.165, 1.54) is 110 Å². The number of benzene rings is 6. The van der Waals surface area contributed by atoms with Gasteiger partial charge in [-0.05, 0) is 63.5 Å². The Morgan fingerprint density at radius 3 is 1.43 bits per heavy atom. The summed E-state index contributed by atoms with van der Waals surface area (Å²) in [6.45, 7) is 22.4. The van der Waals surface area contributed by atoms with Crippen molar-refractivity contribution in [2.75, 3.05) is 0 Å². The van der Waals surface area contributed by atoms with Crippen LogP contribution in [0.3, 0.4) is 0 Å². The first-order valence-corrected chi connectivity index (χ1v) is 28.6. The van der Waals surface area contributed by atoms with Crippen molar-refractivity contribution in [2.45, 2.75) is 93.9 Å². The second-order valence-electron chi connectivity index (χ2n) is 16.8. The van der Waals surface area contributed by atoms with Gasteiger partial charge in [0.2, 0.25) is 0 Å². The van der Waals surface area contributed by atoms with Gasteiger partial charge in [-0.1, -0.05) is 157 Å². The van der Waals surface area contributed by atoms with E-state index in [4.69, 9.17) is 17.0 Å². The molecule has 60 heavy (non-hydrogen) atoms. The zero-order valence-corrected chi connectivity index (χ0v) is 41.9. The topological polar surface area (TPSA) is 0 Å². The summed E-state index contributed by atoms with van der Waals surface area (Å²) in [5, 5.41) is 8.38. The molecule has 1 aliphatic heterocycles. The summed E-state index contributed by atoms with van der Waals surface area (Å²) in [4.78, 5) is 0. The SMILES string of the molecule is CCc1cc2c(-c3cc(C)cc(C)c3)c(C(C)C)ccc2[cH-]1.CCc1cc2c(-c3cc(C)cc(C)c3)c(C(C)C)ccc2[cH-]1.[Cl][Zr][Cl].[c-]1cccc2c1[Si]c1ccccc1-2. The van der Waals surface area contributed by atoms with Crippen LogP contribution in [-0.4, -0.2) is 9.52 Å². The molecule has 1 heterocycles. The molecule has 0 saturated heterocycles. The standard InChI is InChI=1S/2C22H25.C12H7Si.2ClH.Zr/c2*1-6-17-12-18-7-8-20(14(2)3)22(21(18)13-17)19-10-15(4)9-16(5)11-19;1-3-7-11-9(5-1)10-6-2-4-8-12(10)13-11;;;/h2*7-14H,6H2,1-5H3;1-7H;2*1H;/q3*-1;;;+2/p-2. The fraction of sp³-hybridized carbons (Fsp3) is 0.250. The first-order valence-electron chi connectivity index (χ1n) is 21.3. The Hall–Kier alpha value is -3.78. The Kier molecular flexibility index (Phi) is 15.9. The van der Waals surface area contributed by atoms with E-state index in [-0.39, 0.29) is 0 Å². The van der Waals surface area contributed by atoms with E-state index in [2.05, 4.69) is 197 Å². The summed E-state index contributed by atoms with van der Waals surface area (Å²) in [5.74, 6) is 1.06. The van der Waals surface area contributed by atoms with Gasteiger partial charge < -0.3 is 0 Å². The molecule has 0 N–H and O–H groups in total. The maximum absolute atomic E-state index is 4.93. The minimum atomic E-state index is -0.826. The largest absolute Gasteiger partial charge is 0.184 e. The monoisotopic (exact) mass is 917 g/mol. The van der Waals surface area contributed by atoms with Crippen molar-refractivity contribution in [1.82, 2.24) is 0 Å². The summed E-state index contributed by atoms with van der Waals surface area (Å²) >= 11 is -0.826. The third kappa shape index (κ3) is 10.6. The predicted octanol–water partition coefficient (Wildman–Crippen LogP) is 15.6. The normalized spacial score (nSPS) is 11.4. The van der Waals surface area contributed by atoms with Crippen LogP contribution in [0, 0.1) is 33.8 Å². The quantitative estimate of drug-likeness (QED) is 0.115. The molecular weight excluding hydrogens is 863 g/mol. The fourth-order valence-corrected chi connectivity index (χ4v) is 10.0. The molecule has 0 nitrogen and oxygen atoms in total. The van der Waals surface area contributed by atoms with Crippen molar-refractivity contribution in [2.24, 2.45) is 0 Å². The van der Waals surface area contributed by atoms with Crippen LogP contribution in [0.5, 0.6) is 0 Å². The van der Waals surface area contributed by atoms with Gasteiger partial charge >= 0.3 is 37.9 Å². The summed E-state index contributed by atoms with van der Waals surface area (Å²) in [5.41, 5.74) is 19.5. The first kappa shape index (κ1) is 45.7. The molecule has 2 radical (unpaired) electrons. The molecule has 0 bridgehead atoms. The Morgan fingerprint density at radius 2 is 1.00 bits per heavy atom. The molecule has 0 fully saturated rings. The van der Waals surface area contributed by atoms with E-state index < -0.39 is 20.8 Å². The number of aryl methyl sites for hydroxylation is 6. The second-order valence-corrected chi connectivity index (χ2v) is 21.8. The zero-order valence-electron chi connectivity index (χ0n) is 36.9. The van der Waals surface area contributed by atoms with Crippen molar-refractivity contribution < 1.29 is 20.8 Å². The van der Waals surface area contributed by atoms with Gasteiger partial charge in [0.05, 0.1) is 9.52 Å². The van der Waals surface area contributed by atoms with Crippen LogP contribution in [-0.2, 0) is 33.7 Å². The molecule has 0 aliphatic carbocycles. The number of rotatable bonds is 6. The molecule has 4 heteroatoms. The van der Waals surface area contributed by atoms with Crippen LogP contribution >= 0.6 is 17.0 Å². The molecule has 0 aromatic heterocycles. The van der Waals surface area contributed by atoms with Gasteiger partial charge in [0.25, 0.3) is 0 Å². The fourth-order valence-electron chi connectivity index (χ4n) is 8.70. The van der Waals surface area contributed by atoms with E-state index in [0.717, 1.165) is 22.4 Å². The van der Waals surface area contributed by atoms with Gasteiger partial charge in [0, 0.05) is 0 Å². The van der Waals surface area contributed by atoms with Gasteiger partial charge in [-0.15, -0.1) is 74.6 Å². The van der Waals surface area contributed by atoms with E-state index in [1.807, 2.05) is 6.07 Å². The van der Waals surface area contributed by atoms with E-state index >= 15 is 0 Å². The molecule has 0 saturated carbocycles. The average Bonchev–Trinajstić information content (AvgIpc) is 3.95. The minimum Gasteiger partial charge on any atom is -0.184 e. The van der Waals surface area contributed by atoms with Crippen LogP contribution in [0.25, 0.3) is 54.9 Å². The Bertz CT molecular complexity index is 2480. The maximum atomic E-state index is 4.93. The molecule has 0 atom stereocenters. The van der Waals surface area contributed by atoms with Crippen LogP contribution < -0.4 is 10.4 Å². The van der Waals surface area contributed by atoms with Crippen molar-refractivity contribution in [3.05, 3.63) is 178 Å². The molecule has 8 aromatic carbocycles. The third-order valence-electron chi connectivity index (χ3n) is 11.4. The minimum absolute atomic E-state index is 0.528. The second kappa shape index (κ2) is 20.9. The van der Waals surface area contributed by atoms with Crippen LogP contribution in [0.2, 0.25) is 0 Å². The van der Waals surface area contributed by atoms with Gasteiger partial charge in [-0.2, -0.15) is 41.6 Å². The van der Waals surface area contributed by atoms with Crippen LogP contribution in [0.1, 0.15) is 97.9 Å². The van der Waals surface area contributed by atoms with E-state index in [1.54, 1.807) is 0 Å². The summed E-state index contributed by atoms with van der Waals surface area (Å²) in [6.07, 6.45) is 2.19. The number of halogens is 2. The van der Waals surface area contributed by atoms with Crippen LogP contribution in [0.4, 0.5) is 0 Å². The summed E-state index contributed by atoms with van der Waals surface area (Å²) in [6, 6.07) is 50.6. The molecule has 0 amide bonds. The van der Waals surface area contributed by atoms with Gasteiger partial charge in [-0.25, -0.2) is 0 Å². The average molecular weight is 920 g/mol. The number of hydrogen-bond acceptors (Lipinski definition) is 0. The summed E-state index contributed by atoms with van der Waals surface area (Å²) < 4.78 is 0. The third-order valence-corrected chi connectivity index (χ3v) is 12.7. The van der Waals surface area contributed by atoms with Crippen LogP contribution in [0.15, 0.2) is 127 Å². The Labute approximate surface area is 381 Å². The number of hydrogen-bond donors (Lipinski definition) is 0. The van der Waals surface area contributed by atoms with E-state index in [9.17, 15) is 0 Å².